The van der Waals surface area contributed by atoms with Crippen LogP contribution in [-0.4, -0.2) is 23.4 Å². The number of nitrogens with zero attached hydrogens (tertiary/aromatic N) is 1. The fourth-order valence-electron chi connectivity index (χ4n) is 2.46. The molecule has 0 aromatic heterocycles. The zero-order valence-corrected chi connectivity index (χ0v) is 14.5. The summed E-state index contributed by atoms with van der Waals surface area (Å²) in [7, 11) is 0. The van der Waals surface area contributed by atoms with Crippen molar-refractivity contribution in [1.82, 2.24) is 5.32 Å². The zero-order valence-electron chi connectivity index (χ0n) is 14.5. The number of esters is 1. The summed E-state index contributed by atoms with van der Waals surface area (Å²) in [6.45, 7) is 2.23. The first-order valence-corrected chi connectivity index (χ1v) is 7.86. The number of hydrogen-bond donors (Lipinski definition) is 1. The Morgan fingerprint density at radius 3 is 2.59 bits per heavy atom. The number of ether oxygens (including phenoxy) is 1. The Bertz CT molecular complexity index is 901. The third-order valence-electron chi connectivity index (χ3n) is 3.86. The summed E-state index contributed by atoms with van der Waals surface area (Å²) in [5, 5.41) is 13.3. The van der Waals surface area contributed by atoms with Gasteiger partial charge in [0, 0.05) is 23.3 Å². The van der Waals surface area contributed by atoms with Gasteiger partial charge >= 0.3 is 5.97 Å². The summed E-state index contributed by atoms with van der Waals surface area (Å²) in [6.07, 6.45) is 0. The number of hydrogen-bond acceptors (Lipinski definition) is 5. The fraction of sp³-hybridized carbons (Fsp3) is 0.222. The molecule has 0 aliphatic heterocycles. The highest BCUT2D eigenvalue weighted by atomic mass is 19.1. The minimum atomic E-state index is -0.896. The molecule has 7 nitrogen and oxygen atoms in total. The molecule has 2 aromatic carbocycles. The van der Waals surface area contributed by atoms with Crippen LogP contribution in [0.2, 0.25) is 0 Å². The number of carbonyl (C=O) groups excluding carboxylic acids is 2. The molecule has 0 saturated carbocycles. The van der Waals surface area contributed by atoms with Gasteiger partial charge in [-0.15, -0.1) is 0 Å². The number of amides is 1. The highest BCUT2D eigenvalue weighted by molar-refractivity contribution is 5.93. The first-order valence-electron chi connectivity index (χ1n) is 7.86. The molecular weight excluding hydrogens is 362 g/mol. The number of halogens is 2. The lowest BCUT2D eigenvalue weighted by molar-refractivity contribution is -0.385. The monoisotopic (exact) mass is 378 g/mol. The van der Waals surface area contributed by atoms with Crippen LogP contribution in [0.15, 0.2) is 36.4 Å². The normalized spacial score (nSPS) is 11.6. The second-order valence-electron chi connectivity index (χ2n) is 5.74. The summed E-state index contributed by atoms with van der Waals surface area (Å²) >= 11 is 0. The number of nitro benzene ring substituents is 1. The van der Waals surface area contributed by atoms with E-state index in [-0.39, 0.29) is 22.4 Å². The molecule has 1 amide bonds. The van der Waals surface area contributed by atoms with E-state index in [0.717, 1.165) is 6.07 Å². The number of rotatable bonds is 6. The molecule has 0 spiro atoms. The topological polar surface area (TPSA) is 98.5 Å². The minimum absolute atomic E-state index is 0.0328. The molecule has 0 saturated heterocycles. The third-order valence-corrected chi connectivity index (χ3v) is 3.86. The molecule has 1 atom stereocenters. The Labute approximate surface area is 153 Å². The predicted octanol–water partition coefficient (Wildman–Crippen LogP) is 3.22. The summed E-state index contributed by atoms with van der Waals surface area (Å²) in [5.41, 5.74) is -0.0794. The molecule has 27 heavy (non-hydrogen) atoms. The summed E-state index contributed by atoms with van der Waals surface area (Å²) < 4.78 is 31.5. The van der Waals surface area contributed by atoms with E-state index in [1.807, 2.05) is 0 Å². The van der Waals surface area contributed by atoms with Crippen molar-refractivity contribution in [3.8, 4) is 0 Å². The predicted molar refractivity (Wildman–Crippen MR) is 91.0 cm³/mol. The van der Waals surface area contributed by atoms with Gasteiger partial charge in [-0.1, -0.05) is 12.1 Å². The van der Waals surface area contributed by atoms with Crippen LogP contribution >= 0.6 is 0 Å². The van der Waals surface area contributed by atoms with E-state index < -0.39 is 41.1 Å². The smallest absolute Gasteiger partial charge is 0.339 e. The first kappa shape index (κ1) is 20.0. The van der Waals surface area contributed by atoms with Crippen LogP contribution in [0.25, 0.3) is 0 Å². The van der Waals surface area contributed by atoms with E-state index in [4.69, 9.17) is 4.74 Å². The van der Waals surface area contributed by atoms with Crippen LogP contribution in [-0.2, 0) is 9.53 Å². The zero-order chi connectivity index (χ0) is 20.1. The minimum Gasteiger partial charge on any atom is -0.452 e. The first-order chi connectivity index (χ1) is 12.7. The third kappa shape index (κ3) is 4.84. The van der Waals surface area contributed by atoms with Crippen molar-refractivity contribution >= 4 is 17.6 Å². The Balaban J connectivity index is 1.98. The summed E-state index contributed by atoms with van der Waals surface area (Å²) in [4.78, 5) is 34.2. The Morgan fingerprint density at radius 1 is 1.26 bits per heavy atom. The highest BCUT2D eigenvalue weighted by Gasteiger charge is 2.20. The SMILES string of the molecule is Cc1c(C(=O)OCC(=O)N[C@@H](C)c2ccc(F)cc2F)cccc1[N+](=O)[O-]. The van der Waals surface area contributed by atoms with Crippen molar-refractivity contribution in [3.63, 3.8) is 0 Å². The second kappa shape index (κ2) is 8.35. The van der Waals surface area contributed by atoms with Gasteiger partial charge in [0.2, 0.25) is 0 Å². The number of nitro groups is 1. The number of benzene rings is 2. The van der Waals surface area contributed by atoms with Crippen LogP contribution in [0.3, 0.4) is 0 Å². The number of nitrogens with one attached hydrogen (secondary N) is 1. The van der Waals surface area contributed by atoms with Gasteiger partial charge in [-0.3, -0.25) is 14.9 Å². The van der Waals surface area contributed by atoms with Crippen LogP contribution < -0.4 is 5.32 Å². The average Bonchev–Trinajstić information content (AvgIpc) is 2.59. The molecule has 0 heterocycles. The van der Waals surface area contributed by atoms with Crippen molar-refractivity contribution in [3.05, 3.63) is 74.8 Å². The Hall–Kier alpha value is -3.36. The van der Waals surface area contributed by atoms with Crippen LogP contribution in [0, 0.1) is 28.7 Å². The van der Waals surface area contributed by atoms with Gasteiger partial charge in [0.25, 0.3) is 11.6 Å². The molecule has 142 valence electrons. The van der Waals surface area contributed by atoms with Crippen LogP contribution in [0.4, 0.5) is 14.5 Å². The van der Waals surface area contributed by atoms with Gasteiger partial charge in [-0.05, 0) is 26.0 Å². The standard InChI is InChI=1S/C18H16F2N2O5/c1-10-13(4-3-5-16(10)22(25)26)18(24)27-9-17(23)21-11(2)14-7-6-12(19)8-15(14)20/h3-8,11H,9H2,1-2H3,(H,21,23)/t11-/m0/s1. The van der Waals surface area contributed by atoms with Crippen molar-refractivity contribution < 1.29 is 28.0 Å². The average molecular weight is 378 g/mol. The maximum atomic E-state index is 13.7. The van der Waals surface area contributed by atoms with Crippen LogP contribution in [0.1, 0.15) is 34.5 Å². The molecule has 2 aromatic rings. The van der Waals surface area contributed by atoms with Crippen molar-refractivity contribution in [2.75, 3.05) is 6.61 Å². The maximum absolute atomic E-state index is 13.7. The molecule has 1 N–H and O–H groups in total. The fourth-order valence-corrected chi connectivity index (χ4v) is 2.46. The van der Waals surface area contributed by atoms with E-state index in [1.165, 1.54) is 38.1 Å². The van der Waals surface area contributed by atoms with E-state index in [1.54, 1.807) is 0 Å². The Kier molecular flexibility index (Phi) is 6.17. The molecule has 0 bridgehead atoms. The summed E-state index contributed by atoms with van der Waals surface area (Å²) in [6, 6.07) is 6.11. The van der Waals surface area contributed by atoms with Crippen molar-refractivity contribution in [1.29, 1.82) is 0 Å². The van der Waals surface area contributed by atoms with Crippen molar-refractivity contribution in [2.45, 2.75) is 19.9 Å². The Morgan fingerprint density at radius 2 is 1.96 bits per heavy atom. The lowest BCUT2D eigenvalue weighted by Gasteiger charge is -2.15. The largest absolute Gasteiger partial charge is 0.452 e. The molecule has 0 fully saturated rings. The second-order valence-corrected chi connectivity index (χ2v) is 5.74. The molecule has 0 radical (unpaired) electrons. The lowest BCUT2D eigenvalue weighted by atomic mass is 10.1. The molecule has 0 unspecified atom stereocenters. The van der Waals surface area contributed by atoms with Crippen LogP contribution in [0.5, 0.6) is 0 Å². The molecule has 2 rings (SSSR count). The van der Waals surface area contributed by atoms with Gasteiger partial charge in [0.1, 0.15) is 11.6 Å². The van der Waals surface area contributed by atoms with E-state index in [9.17, 15) is 28.5 Å². The van der Waals surface area contributed by atoms with Gasteiger partial charge < -0.3 is 10.1 Å². The quantitative estimate of drug-likeness (QED) is 0.473. The molecule has 9 heteroatoms. The van der Waals surface area contributed by atoms with Gasteiger partial charge in [0.05, 0.1) is 16.5 Å². The lowest BCUT2D eigenvalue weighted by Crippen LogP contribution is -2.31. The van der Waals surface area contributed by atoms with E-state index in [2.05, 4.69) is 5.32 Å². The van der Waals surface area contributed by atoms with E-state index in [0.29, 0.717) is 6.07 Å². The van der Waals surface area contributed by atoms with Gasteiger partial charge in [-0.25, -0.2) is 13.6 Å². The molecular formula is C18H16F2N2O5. The molecule has 0 aliphatic rings. The maximum Gasteiger partial charge on any atom is 0.339 e. The summed E-state index contributed by atoms with van der Waals surface area (Å²) in [5.74, 6) is -3.15. The number of carbonyl (C=O) groups is 2. The van der Waals surface area contributed by atoms with Crippen molar-refractivity contribution in [2.24, 2.45) is 0 Å². The highest BCUT2D eigenvalue weighted by Crippen LogP contribution is 2.22. The van der Waals surface area contributed by atoms with Gasteiger partial charge in [-0.2, -0.15) is 0 Å². The van der Waals surface area contributed by atoms with E-state index >= 15 is 0 Å². The van der Waals surface area contributed by atoms with Gasteiger partial charge in [0.15, 0.2) is 6.61 Å². The molecule has 0 aliphatic carbocycles.